The van der Waals surface area contributed by atoms with Crippen LogP contribution in [0.4, 0.5) is 5.69 Å². The Bertz CT molecular complexity index is 564. The molecule has 19 heavy (non-hydrogen) atoms. The average Bonchev–Trinajstić information content (AvgIpc) is 2.48. The Hall–Kier alpha value is -2.29. The molecule has 0 aliphatic heterocycles. The van der Waals surface area contributed by atoms with Gasteiger partial charge in [0.25, 0.3) is 5.91 Å². The van der Waals surface area contributed by atoms with E-state index in [1.54, 1.807) is 7.05 Å². The summed E-state index contributed by atoms with van der Waals surface area (Å²) in [7, 11) is 1.65. The fourth-order valence-corrected chi connectivity index (χ4v) is 2.10. The SMILES string of the molecule is CCNc1c(C(=O)NC)cccc1-c1ccccc1. The zero-order chi connectivity index (χ0) is 13.7. The summed E-state index contributed by atoms with van der Waals surface area (Å²) in [5.74, 6) is -0.0752. The van der Waals surface area contributed by atoms with Gasteiger partial charge in [0, 0.05) is 19.2 Å². The fourth-order valence-electron chi connectivity index (χ4n) is 2.10. The molecule has 3 heteroatoms. The van der Waals surface area contributed by atoms with Gasteiger partial charge in [-0.2, -0.15) is 0 Å². The molecule has 0 saturated carbocycles. The summed E-state index contributed by atoms with van der Waals surface area (Å²) in [6.45, 7) is 2.79. The highest BCUT2D eigenvalue weighted by Gasteiger charge is 2.13. The summed E-state index contributed by atoms with van der Waals surface area (Å²) in [5.41, 5.74) is 3.70. The van der Waals surface area contributed by atoms with Crippen LogP contribution in [0.5, 0.6) is 0 Å². The Kier molecular flexibility index (Phi) is 4.18. The van der Waals surface area contributed by atoms with E-state index in [2.05, 4.69) is 10.6 Å². The molecule has 1 amide bonds. The van der Waals surface area contributed by atoms with Gasteiger partial charge in [0.05, 0.1) is 11.3 Å². The summed E-state index contributed by atoms with van der Waals surface area (Å²) in [6.07, 6.45) is 0. The Morgan fingerprint density at radius 3 is 2.42 bits per heavy atom. The van der Waals surface area contributed by atoms with Gasteiger partial charge in [0.15, 0.2) is 0 Å². The van der Waals surface area contributed by atoms with E-state index in [0.717, 1.165) is 23.4 Å². The minimum absolute atomic E-state index is 0.0752. The molecule has 2 rings (SSSR count). The second-order valence-corrected chi connectivity index (χ2v) is 4.20. The van der Waals surface area contributed by atoms with Crippen molar-refractivity contribution < 1.29 is 4.79 Å². The summed E-state index contributed by atoms with van der Waals surface area (Å²) in [6, 6.07) is 15.8. The van der Waals surface area contributed by atoms with Crippen molar-refractivity contribution in [2.24, 2.45) is 0 Å². The van der Waals surface area contributed by atoms with Crippen molar-refractivity contribution in [1.29, 1.82) is 0 Å². The topological polar surface area (TPSA) is 41.1 Å². The molecular weight excluding hydrogens is 236 g/mol. The van der Waals surface area contributed by atoms with Crippen molar-refractivity contribution in [2.75, 3.05) is 18.9 Å². The number of rotatable bonds is 4. The molecule has 2 aromatic carbocycles. The van der Waals surface area contributed by atoms with Crippen LogP contribution in [0, 0.1) is 0 Å². The van der Waals surface area contributed by atoms with Gasteiger partial charge < -0.3 is 10.6 Å². The minimum atomic E-state index is -0.0752. The van der Waals surface area contributed by atoms with E-state index in [-0.39, 0.29) is 5.91 Å². The lowest BCUT2D eigenvalue weighted by Crippen LogP contribution is -2.20. The third-order valence-electron chi connectivity index (χ3n) is 2.97. The first-order valence-corrected chi connectivity index (χ1v) is 6.42. The van der Waals surface area contributed by atoms with E-state index in [1.807, 2.05) is 55.5 Å². The number of carbonyl (C=O) groups excluding carboxylic acids is 1. The smallest absolute Gasteiger partial charge is 0.253 e. The molecule has 0 bridgehead atoms. The van der Waals surface area contributed by atoms with E-state index in [1.165, 1.54) is 0 Å². The lowest BCUT2D eigenvalue weighted by Gasteiger charge is -2.15. The van der Waals surface area contributed by atoms with Gasteiger partial charge in [-0.1, -0.05) is 42.5 Å². The van der Waals surface area contributed by atoms with E-state index in [9.17, 15) is 4.79 Å². The highest BCUT2D eigenvalue weighted by molar-refractivity contribution is 6.03. The Morgan fingerprint density at radius 2 is 1.79 bits per heavy atom. The monoisotopic (exact) mass is 254 g/mol. The van der Waals surface area contributed by atoms with Crippen molar-refractivity contribution in [3.05, 3.63) is 54.1 Å². The van der Waals surface area contributed by atoms with Gasteiger partial charge in [-0.05, 0) is 18.6 Å². The zero-order valence-corrected chi connectivity index (χ0v) is 11.2. The highest BCUT2D eigenvalue weighted by atomic mass is 16.1. The van der Waals surface area contributed by atoms with Crippen LogP contribution in [0.15, 0.2) is 48.5 Å². The minimum Gasteiger partial charge on any atom is -0.384 e. The highest BCUT2D eigenvalue weighted by Crippen LogP contribution is 2.30. The molecule has 3 nitrogen and oxygen atoms in total. The number of carbonyl (C=O) groups is 1. The molecule has 0 aliphatic rings. The van der Waals surface area contributed by atoms with Crippen molar-refractivity contribution in [3.63, 3.8) is 0 Å². The van der Waals surface area contributed by atoms with Crippen LogP contribution in [0.2, 0.25) is 0 Å². The Balaban J connectivity index is 2.58. The molecule has 0 heterocycles. The van der Waals surface area contributed by atoms with Crippen LogP contribution in [0.1, 0.15) is 17.3 Å². The normalized spacial score (nSPS) is 10.0. The van der Waals surface area contributed by atoms with Crippen molar-refractivity contribution in [2.45, 2.75) is 6.92 Å². The maximum atomic E-state index is 11.9. The molecule has 98 valence electrons. The van der Waals surface area contributed by atoms with Gasteiger partial charge in [0.1, 0.15) is 0 Å². The first-order valence-electron chi connectivity index (χ1n) is 6.42. The predicted molar refractivity (Wildman–Crippen MR) is 79.4 cm³/mol. The number of para-hydroxylation sites is 1. The summed E-state index contributed by atoms with van der Waals surface area (Å²) >= 11 is 0. The van der Waals surface area contributed by atoms with Gasteiger partial charge in [0.2, 0.25) is 0 Å². The Morgan fingerprint density at radius 1 is 1.05 bits per heavy atom. The summed E-state index contributed by atoms with van der Waals surface area (Å²) in [5, 5.41) is 5.98. The molecule has 0 aromatic heterocycles. The molecule has 0 unspecified atom stereocenters. The first kappa shape index (κ1) is 13.1. The van der Waals surface area contributed by atoms with E-state index < -0.39 is 0 Å². The first-order chi connectivity index (χ1) is 9.27. The molecule has 0 radical (unpaired) electrons. The molecule has 2 N–H and O–H groups in total. The van der Waals surface area contributed by atoms with E-state index in [4.69, 9.17) is 0 Å². The summed E-state index contributed by atoms with van der Waals surface area (Å²) in [4.78, 5) is 11.9. The molecule has 0 spiro atoms. The lowest BCUT2D eigenvalue weighted by molar-refractivity contribution is 0.0964. The molecule has 0 saturated heterocycles. The largest absolute Gasteiger partial charge is 0.384 e. The zero-order valence-electron chi connectivity index (χ0n) is 11.2. The fraction of sp³-hybridized carbons (Fsp3) is 0.188. The third kappa shape index (κ3) is 2.76. The van der Waals surface area contributed by atoms with Crippen molar-refractivity contribution in [1.82, 2.24) is 5.32 Å². The second-order valence-electron chi connectivity index (χ2n) is 4.20. The molecule has 0 fully saturated rings. The molecule has 2 aromatic rings. The predicted octanol–water partition coefficient (Wildman–Crippen LogP) is 3.15. The molecular formula is C16H18N2O. The number of hydrogen-bond acceptors (Lipinski definition) is 2. The van der Waals surface area contributed by atoms with Gasteiger partial charge in [-0.3, -0.25) is 4.79 Å². The molecule has 0 aliphatic carbocycles. The second kappa shape index (κ2) is 6.05. The van der Waals surface area contributed by atoms with Crippen molar-refractivity contribution in [3.8, 4) is 11.1 Å². The molecule has 0 atom stereocenters. The van der Waals surface area contributed by atoms with Crippen LogP contribution in [0.25, 0.3) is 11.1 Å². The van der Waals surface area contributed by atoms with Crippen LogP contribution in [-0.2, 0) is 0 Å². The van der Waals surface area contributed by atoms with E-state index in [0.29, 0.717) is 5.56 Å². The maximum absolute atomic E-state index is 11.9. The van der Waals surface area contributed by atoms with Crippen molar-refractivity contribution >= 4 is 11.6 Å². The Labute approximate surface area is 113 Å². The van der Waals surface area contributed by atoms with Crippen LogP contribution in [-0.4, -0.2) is 19.5 Å². The average molecular weight is 254 g/mol. The van der Waals surface area contributed by atoms with E-state index >= 15 is 0 Å². The van der Waals surface area contributed by atoms with Crippen LogP contribution >= 0.6 is 0 Å². The summed E-state index contributed by atoms with van der Waals surface area (Å²) < 4.78 is 0. The van der Waals surface area contributed by atoms with Crippen LogP contribution < -0.4 is 10.6 Å². The number of nitrogens with one attached hydrogen (secondary N) is 2. The van der Waals surface area contributed by atoms with Gasteiger partial charge >= 0.3 is 0 Å². The third-order valence-corrected chi connectivity index (χ3v) is 2.97. The lowest BCUT2D eigenvalue weighted by atomic mass is 9.99. The standard InChI is InChI=1S/C16H18N2O/c1-3-18-15-13(12-8-5-4-6-9-12)10-7-11-14(15)16(19)17-2/h4-11,18H,3H2,1-2H3,(H,17,19). The number of benzene rings is 2. The van der Waals surface area contributed by atoms with Gasteiger partial charge in [-0.15, -0.1) is 0 Å². The maximum Gasteiger partial charge on any atom is 0.253 e. The quantitative estimate of drug-likeness (QED) is 0.880. The van der Waals surface area contributed by atoms with Crippen LogP contribution in [0.3, 0.4) is 0 Å². The number of anilines is 1. The number of hydrogen-bond donors (Lipinski definition) is 2. The number of amides is 1. The van der Waals surface area contributed by atoms with Gasteiger partial charge in [-0.25, -0.2) is 0 Å².